The van der Waals surface area contributed by atoms with Crippen molar-refractivity contribution in [3.8, 4) is 16.2 Å². The van der Waals surface area contributed by atoms with Crippen LogP contribution in [0.5, 0.6) is 5.75 Å². The lowest BCUT2D eigenvalue weighted by Gasteiger charge is -2.16. The van der Waals surface area contributed by atoms with Gasteiger partial charge in [0, 0.05) is 28.3 Å². The van der Waals surface area contributed by atoms with E-state index in [-0.39, 0.29) is 12.2 Å². The highest BCUT2D eigenvalue weighted by Gasteiger charge is 2.23. The number of esters is 1. The van der Waals surface area contributed by atoms with Crippen molar-refractivity contribution in [2.75, 3.05) is 0 Å². The van der Waals surface area contributed by atoms with Crippen LogP contribution in [0.2, 0.25) is 0 Å². The lowest BCUT2D eigenvalue weighted by atomic mass is 10.1. The Bertz CT molecular complexity index is 1320. The highest BCUT2D eigenvalue weighted by Crippen LogP contribution is 2.42. The van der Waals surface area contributed by atoms with Crippen LogP contribution < -0.4 is 10.3 Å². The van der Waals surface area contributed by atoms with Gasteiger partial charge in [-0.05, 0) is 42.8 Å². The molecule has 0 fully saturated rings. The normalized spacial score (nSPS) is 12.2. The van der Waals surface area contributed by atoms with E-state index in [1.807, 2.05) is 49.4 Å². The van der Waals surface area contributed by atoms with Gasteiger partial charge in [-0.1, -0.05) is 12.1 Å². The van der Waals surface area contributed by atoms with Crippen LogP contribution in [-0.4, -0.2) is 15.4 Å². The van der Waals surface area contributed by atoms with Gasteiger partial charge in [-0.15, -0.1) is 11.3 Å². The molecule has 1 aromatic carbocycles. The van der Waals surface area contributed by atoms with Crippen molar-refractivity contribution in [2.45, 2.75) is 20.1 Å². The number of carbonyl (C=O) groups excluding carboxylic acids is 1. The minimum atomic E-state index is -0.437. The summed E-state index contributed by atoms with van der Waals surface area (Å²) in [5, 5.41) is 0. The monoisotopic (exact) mass is 404 g/mol. The van der Waals surface area contributed by atoms with Crippen molar-refractivity contribution >= 4 is 23.0 Å². The van der Waals surface area contributed by atoms with Gasteiger partial charge in [-0.2, -0.15) is 0 Å². The first-order valence-electron chi connectivity index (χ1n) is 9.09. The topological polar surface area (TPSA) is 69.9 Å². The van der Waals surface area contributed by atoms with Crippen molar-refractivity contribution in [3.63, 3.8) is 0 Å². The van der Waals surface area contributed by atoms with E-state index >= 15 is 0 Å². The van der Waals surface area contributed by atoms with Crippen LogP contribution >= 0.6 is 11.3 Å². The third kappa shape index (κ3) is 3.19. The molecule has 4 heterocycles. The molecule has 0 bridgehead atoms. The van der Waals surface area contributed by atoms with Gasteiger partial charge in [0.2, 0.25) is 0 Å². The summed E-state index contributed by atoms with van der Waals surface area (Å²) < 4.78 is 12.6. The van der Waals surface area contributed by atoms with Crippen LogP contribution in [0.1, 0.15) is 26.5 Å². The first-order valence-corrected chi connectivity index (χ1v) is 9.91. The zero-order chi connectivity index (χ0) is 20.0. The van der Waals surface area contributed by atoms with E-state index in [4.69, 9.17) is 9.47 Å². The number of aryl methyl sites for hydroxylation is 1. The number of hydrogen-bond acceptors (Lipinski definition) is 6. The molecule has 7 heteroatoms. The first-order chi connectivity index (χ1) is 14.1. The molecule has 1 aliphatic heterocycles. The standard InChI is InChI=1S/C22H16N2O4S/c1-13-6-7-24-19(8-13)23-15(10-20(24)25)12-28-22(26)18-9-14-11-27-17-5-3-2-4-16(17)21(14)29-18/h2-10H,11-12H2,1H3. The van der Waals surface area contributed by atoms with Crippen LogP contribution in [0, 0.1) is 6.92 Å². The Morgan fingerprint density at radius 1 is 1.24 bits per heavy atom. The Morgan fingerprint density at radius 2 is 2.10 bits per heavy atom. The molecular weight excluding hydrogens is 388 g/mol. The molecule has 0 saturated carbocycles. The first kappa shape index (κ1) is 17.6. The summed E-state index contributed by atoms with van der Waals surface area (Å²) in [6.45, 7) is 2.30. The molecule has 0 unspecified atom stereocenters. The van der Waals surface area contributed by atoms with E-state index in [0.29, 0.717) is 22.8 Å². The molecule has 6 nitrogen and oxygen atoms in total. The number of rotatable bonds is 3. The van der Waals surface area contributed by atoms with Crippen molar-refractivity contribution in [1.29, 1.82) is 0 Å². The number of ether oxygens (including phenoxy) is 2. The van der Waals surface area contributed by atoms with Crippen molar-refractivity contribution < 1.29 is 14.3 Å². The zero-order valence-electron chi connectivity index (χ0n) is 15.5. The number of fused-ring (bicyclic) bond motifs is 4. The van der Waals surface area contributed by atoms with Crippen LogP contribution in [0.15, 0.2) is 59.5 Å². The SMILES string of the molecule is Cc1ccn2c(=O)cc(COC(=O)c3cc4c(s3)-c3ccccc3OC4)nc2c1. The second kappa shape index (κ2) is 6.86. The van der Waals surface area contributed by atoms with Gasteiger partial charge in [0.05, 0.1) is 5.69 Å². The molecule has 0 N–H and O–H groups in total. The van der Waals surface area contributed by atoms with E-state index < -0.39 is 5.97 Å². The molecule has 0 atom stereocenters. The summed E-state index contributed by atoms with van der Waals surface area (Å²) >= 11 is 1.39. The maximum Gasteiger partial charge on any atom is 0.348 e. The lowest BCUT2D eigenvalue weighted by Crippen LogP contribution is -2.16. The molecule has 0 aliphatic carbocycles. The van der Waals surface area contributed by atoms with E-state index in [2.05, 4.69) is 4.98 Å². The van der Waals surface area contributed by atoms with Crippen LogP contribution in [0.3, 0.4) is 0 Å². The van der Waals surface area contributed by atoms with E-state index in [0.717, 1.165) is 27.3 Å². The van der Waals surface area contributed by atoms with Crippen LogP contribution in [-0.2, 0) is 18.0 Å². The average Bonchev–Trinajstić information content (AvgIpc) is 3.17. The van der Waals surface area contributed by atoms with Gasteiger partial charge in [-0.25, -0.2) is 9.78 Å². The molecular formula is C22H16N2O4S. The largest absolute Gasteiger partial charge is 0.488 e. The predicted octanol–water partition coefficient (Wildman–Crippen LogP) is 3.98. The molecule has 0 saturated heterocycles. The van der Waals surface area contributed by atoms with Crippen LogP contribution in [0.4, 0.5) is 0 Å². The van der Waals surface area contributed by atoms with E-state index in [9.17, 15) is 9.59 Å². The Kier molecular flexibility index (Phi) is 4.17. The minimum Gasteiger partial charge on any atom is -0.488 e. The number of thiophene rings is 1. The Hall–Kier alpha value is -3.45. The Labute approximate surface area is 170 Å². The Balaban J connectivity index is 1.38. The summed E-state index contributed by atoms with van der Waals surface area (Å²) in [6.07, 6.45) is 1.69. The highest BCUT2D eigenvalue weighted by molar-refractivity contribution is 7.17. The summed E-state index contributed by atoms with van der Waals surface area (Å²) in [7, 11) is 0. The number of carbonyl (C=O) groups is 1. The zero-order valence-corrected chi connectivity index (χ0v) is 16.4. The number of hydrogen-bond donors (Lipinski definition) is 0. The molecule has 0 spiro atoms. The number of nitrogens with zero attached hydrogens (tertiary/aromatic N) is 2. The average molecular weight is 404 g/mol. The van der Waals surface area contributed by atoms with Crippen LogP contribution in [0.25, 0.3) is 16.1 Å². The Morgan fingerprint density at radius 3 is 3.00 bits per heavy atom. The summed E-state index contributed by atoms with van der Waals surface area (Å²) in [6, 6.07) is 14.6. The highest BCUT2D eigenvalue weighted by atomic mass is 32.1. The quantitative estimate of drug-likeness (QED) is 0.483. The second-order valence-electron chi connectivity index (χ2n) is 6.84. The fraction of sp³-hybridized carbons (Fsp3) is 0.136. The fourth-order valence-electron chi connectivity index (χ4n) is 3.34. The molecule has 29 heavy (non-hydrogen) atoms. The molecule has 5 rings (SSSR count). The molecule has 1 aliphatic rings. The maximum absolute atomic E-state index is 12.6. The second-order valence-corrected chi connectivity index (χ2v) is 7.90. The van der Waals surface area contributed by atoms with E-state index in [1.54, 1.807) is 6.20 Å². The van der Waals surface area contributed by atoms with Gasteiger partial charge in [0.15, 0.2) is 0 Å². The molecule has 144 valence electrons. The third-order valence-electron chi connectivity index (χ3n) is 4.75. The summed E-state index contributed by atoms with van der Waals surface area (Å²) in [5.74, 6) is 0.381. The molecule has 0 radical (unpaired) electrons. The van der Waals surface area contributed by atoms with Gasteiger partial charge in [0.1, 0.15) is 29.5 Å². The van der Waals surface area contributed by atoms with E-state index in [1.165, 1.54) is 21.8 Å². The molecule has 4 aromatic rings. The number of pyridine rings is 1. The summed E-state index contributed by atoms with van der Waals surface area (Å²) in [4.78, 5) is 30.8. The minimum absolute atomic E-state index is 0.0613. The summed E-state index contributed by atoms with van der Waals surface area (Å²) in [5.41, 5.74) is 3.70. The van der Waals surface area contributed by atoms with Gasteiger partial charge in [-0.3, -0.25) is 9.20 Å². The smallest absolute Gasteiger partial charge is 0.348 e. The van der Waals surface area contributed by atoms with Gasteiger partial charge in [0.25, 0.3) is 5.56 Å². The fourth-order valence-corrected chi connectivity index (χ4v) is 4.43. The maximum atomic E-state index is 12.6. The van der Waals surface area contributed by atoms with Gasteiger partial charge >= 0.3 is 5.97 Å². The number of aromatic nitrogens is 2. The number of para-hydroxylation sites is 1. The lowest BCUT2D eigenvalue weighted by molar-refractivity contribution is 0.0473. The van der Waals surface area contributed by atoms with Crippen molar-refractivity contribution in [2.24, 2.45) is 0 Å². The predicted molar refractivity (Wildman–Crippen MR) is 109 cm³/mol. The number of benzene rings is 1. The van der Waals surface area contributed by atoms with Crippen molar-refractivity contribution in [3.05, 3.63) is 86.8 Å². The van der Waals surface area contributed by atoms with Crippen molar-refractivity contribution in [1.82, 2.24) is 9.38 Å². The molecule has 0 amide bonds. The third-order valence-corrected chi connectivity index (χ3v) is 5.94. The molecule has 3 aromatic heterocycles. The van der Waals surface area contributed by atoms with Gasteiger partial charge < -0.3 is 9.47 Å².